The summed E-state index contributed by atoms with van der Waals surface area (Å²) >= 11 is 8.92. The van der Waals surface area contributed by atoms with Gasteiger partial charge in [0.15, 0.2) is 4.34 Å². The van der Waals surface area contributed by atoms with Crippen LogP contribution in [0.25, 0.3) is 16.5 Å². The molecule has 1 aromatic heterocycles. The summed E-state index contributed by atoms with van der Waals surface area (Å²) in [6.45, 7) is 3.76. The second-order valence-corrected chi connectivity index (χ2v) is 12.4. The highest BCUT2D eigenvalue weighted by atomic mass is 35.5. The highest BCUT2D eigenvalue weighted by Crippen LogP contribution is 2.44. The number of nitrogens with zero attached hydrogens (tertiary/aromatic N) is 3. The number of carbonyl (C=O) groups excluding carboxylic acids is 2. The summed E-state index contributed by atoms with van der Waals surface area (Å²) in [6, 6.07) is 26.0. The topological polar surface area (TPSA) is 83.4 Å². The molecule has 5 aromatic rings. The first-order valence-corrected chi connectivity index (χ1v) is 15.1. The summed E-state index contributed by atoms with van der Waals surface area (Å²) < 4.78 is 0.666. The molecule has 0 aliphatic carbocycles. The van der Waals surface area contributed by atoms with Gasteiger partial charge >= 0.3 is 5.91 Å². The smallest absolute Gasteiger partial charge is 0.301 e. The van der Waals surface area contributed by atoms with Crippen molar-refractivity contribution < 1.29 is 14.7 Å². The number of aryl methyl sites for hydroxylation is 2. The summed E-state index contributed by atoms with van der Waals surface area (Å²) in [5.41, 5.74) is 4.01. The average molecular weight is 598 g/mol. The number of aromatic nitrogens is 2. The molecular formula is C32H24ClN3O3S2. The quantitative estimate of drug-likeness (QED) is 0.0705. The molecule has 1 saturated heterocycles. The molecule has 204 valence electrons. The van der Waals surface area contributed by atoms with Gasteiger partial charge in [0.25, 0.3) is 5.78 Å². The highest BCUT2D eigenvalue weighted by molar-refractivity contribution is 8.00. The summed E-state index contributed by atoms with van der Waals surface area (Å²) in [7, 11) is 0. The molecule has 1 aliphatic heterocycles. The van der Waals surface area contributed by atoms with Crippen LogP contribution in [0.1, 0.15) is 33.9 Å². The number of hydrogen-bond donors (Lipinski definition) is 1. The van der Waals surface area contributed by atoms with Crippen molar-refractivity contribution >= 4 is 68.1 Å². The molecule has 1 unspecified atom stereocenters. The van der Waals surface area contributed by atoms with Crippen molar-refractivity contribution in [3.05, 3.63) is 123 Å². The van der Waals surface area contributed by atoms with Crippen LogP contribution in [0, 0.1) is 13.8 Å². The third-order valence-electron chi connectivity index (χ3n) is 7.11. The molecule has 2 heterocycles. The number of hydrogen-bond acceptors (Lipinski definition) is 7. The zero-order chi connectivity index (χ0) is 28.7. The first-order chi connectivity index (χ1) is 19.8. The number of aliphatic hydroxyl groups excluding tert-OH is 1. The van der Waals surface area contributed by atoms with Crippen LogP contribution in [-0.4, -0.2) is 27.0 Å². The second kappa shape index (κ2) is 11.1. The minimum atomic E-state index is -0.893. The number of ketones is 1. The van der Waals surface area contributed by atoms with E-state index in [9.17, 15) is 14.7 Å². The molecule has 6 rings (SSSR count). The van der Waals surface area contributed by atoms with Crippen LogP contribution in [0.2, 0.25) is 5.02 Å². The minimum absolute atomic E-state index is 0.00572. The standard InChI is InChI=1S/C32H24ClN3O3S2/c1-18-10-11-19(2)25(16-18)28(37)26-27(21-12-14-23(33)15-13-21)36(30(39)29(26)38)31-34-35-32(41-31)40-17-22-8-5-7-20-6-3-4-9-24(20)22/h3-16,27,37H,17H2,1-2H3. The average Bonchev–Trinajstić information content (AvgIpc) is 3.55. The van der Waals surface area contributed by atoms with Crippen molar-refractivity contribution in [2.75, 3.05) is 4.90 Å². The molecule has 1 N–H and O–H groups in total. The van der Waals surface area contributed by atoms with Crippen LogP contribution in [0.3, 0.4) is 0 Å². The predicted octanol–water partition coefficient (Wildman–Crippen LogP) is 7.88. The van der Waals surface area contributed by atoms with Gasteiger partial charge in [-0.3, -0.25) is 14.5 Å². The van der Waals surface area contributed by atoms with E-state index in [1.807, 2.05) is 50.2 Å². The monoisotopic (exact) mass is 597 g/mol. The predicted molar refractivity (Wildman–Crippen MR) is 166 cm³/mol. The van der Waals surface area contributed by atoms with E-state index < -0.39 is 17.7 Å². The summed E-state index contributed by atoms with van der Waals surface area (Å²) in [4.78, 5) is 28.4. The van der Waals surface area contributed by atoms with Gasteiger partial charge in [0.2, 0.25) is 5.13 Å². The van der Waals surface area contributed by atoms with Gasteiger partial charge in [-0.05, 0) is 59.5 Å². The summed E-state index contributed by atoms with van der Waals surface area (Å²) in [5.74, 6) is -1.09. The van der Waals surface area contributed by atoms with E-state index in [1.165, 1.54) is 44.3 Å². The fourth-order valence-electron chi connectivity index (χ4n) is 5.04. The number of fused-ring (bicyclic) bond motifs is 1. The molecule has 41 heavy (non-hydrogen) atoms. The number of amides is 1. The van der Waals surface area contributed by atoms with Gasteiger partial charge in [-0.15, -0.1) is 10.2 Å². The van der Waals surface area contributed by atoms with Crippen molar-refractivity contribution in [1.82, 2.24) is 10.2 Å². The van der Waals surface area contributed by atoms with Gasteiger partial charge in [0, 0.05) is 16.3 Å². The number of rotatable bonds is 6. The Hall–Kier alpha value is -3.98. The molecule has 1 amide bonds. The Labute approximate surface area is 250 Å². The molecule has 1 fully saturated rings. The van der Waals surface area contributed by atoms with Crippen molar-refractivity contribution in [2.24, 2.45) is 0 Å². The third kappa shape index (κ3) is 5.14. The second-order valence-electron chi connectivity index (χ2n) is 9.82. The molecule has 4 aromatic carbocycles. The number of thioether (sulfide) groups is 1. The van der Waals surface area contributed by atoms with Crippen LogP contribution in [0.5, 0.6) is 0 Å². The van der Waals surface area contributed by atoms with Crippen molar-refractivity contribution in [3.8, 4) is 0 Å². The first-order valence-electron chi connectivity index (χ1n) is 12.9. The van der Waals surface area contributed by atoms with Crippen molar-refractivity contribution in [2.45, 2.75) is 30.0 Å². The van der Waals surface area contributed by atoms with Gasteiger partial charge in [-0.2, -0.15) is 0 Å². The van der Waals surface area contributed by atoms with E-state index in [1.54, 1.807) is 24.3 Å². The van der Waals surface area contributed by atoms with Crippen molar-refractivity contribution in [1.29, 1.82) is 0 Å². The number of anilines is 1. The zero-order valence-corrected chi connectivity index (χ0v) is 24.6. The fourth-order valence-corrected chi connectivity index (χ4v) is 7.04. The van der Waals surface area contributed by atoms with Crippen molar-refractivity contribution in [3.63, 3.8) is 0 Å². The first kappa shape index (κ1) is 27.2. The van der Waals surface area contributed by atoms with E-state index in [0.717, 1.165) is 11.1 Å². The number of aliphatic hydroxyl groups is 1. The van der Waals surface area contributed by atoms with Gasteiger partial charge in [0.1, 0.15) is 5.76 Å². The number of carbonyl (C=O) groups is 2. The molecule has 0 bridgehead atoms. The van der Waals surface area contributed by atoms with E-state index in [-0.39, 0.29) is 16.5 Å². The van der Waals surface area contributed by atoms with E-state index in [2.05, 4.69) is 34.5 Å². The SMILES string of the molecule is Cc1ccc(C)c(C(O)=C2C(=O)C(=O)N(c3nnc(SCc4cccc5ccccc45)s3)C2c2ccc(Cl)cc2)c1. The van der Waals surface area contributed by atoms with Crippen LogP contribution in [0.15, 0.2) is 94.8 Å². The molecule has 6 nitrogen and oxygen atoms in total. The van der Waals surface area contributed by atoms with Gasteiger partial charge in [0.05, 0.1) is 11.6 Å². The van der Waals surface area contributed by atoms with E-state index in [0.29, 0.717) is 26.2 Å². The Morgan fingerprint density at radius 1 is 0.976 bits per heavy atom. The van der Waals surface area contributed by atoms with E-state index >= 15 is 0 Å². The Morgan fingerprint density at radius 2 is 1.73 bits per heavy atom. The lowest BCUT2D eigenvalue weighted by Crippen LogP contribution is -2.29. The Bertz CT molecular complexity index is 1840. The maximum Gasteiger partial charge on any atom is 0.301 e. The maximum atomic E-state index is 13.5. The molecule has 0 saturated carbocycles. The van der Waals surface area contributed by atoms with Crippen LogP contribution in [0.4, 0.5) is 5.13 Å². The third-order valence-corrected chi connectivity index (χ3v) is 9.47. The maximum absolute atomic E-state index is 13.5. The lowest BCUT2D eigenvalue weighted by Gasteiger charge is -2.22. The Balaban J connectivity index is 1.38. The lowest BCUT2D eigenvalue weighted by molar-refractivity contribution is -0.132. The lowest BCUT2D eigenvalue weighted by atomic mass is 9.93. The van der Waals surface area contributed by atoms with E-state index in [4.69, 9.17) is 11.6 Å². The molecule has 1 aliphatic rings. The molecular weight excluding hydrogens is 574 g/mol. The highest BCUT2D eigenvalue weighted by Gasteiger charge is 2.48. The van der Waals surface area contributed by atoms with Gasteiger partial charge < -0.3 is 5.11 Å². The van der Waals surface area contributed by atoms with Crippen LogP contribution in [-0.2, 0) is 15.3 Å². The Morgan fingerprint density at radius 3 is 2.54 bits per heavy atom. The molecule has 9 heteroatoms. The number of Topliss-reactive ketones (excluding diaryl/α,β-unsaturated/α-hetero) is 1. The molecule has 0 spiro atoms. The Kier molecular flexibility index (Phi) is 7.38. The van der Waals surface area contributed by atoms with Crippen LogP contribution >= 0.6 is 34.7 Å². The minimum Gasteiger partial charge on any atom is -0.507 e. The van der Waals surface area contributed by atoms with Gasteiger partial charge in [-0.25, -0.2) is 0 Å². The van der Waals surface area contributed by atoms with Gasteiger partial charge in [-0.1, -0.05) is 107 Å². The normalized spacial score (nSPS) is 16.6. The number of halogens is 1. The largest absolute Gasteiger partial charge is 0.507 e. The number of benzene rings is 4. The fraction of sp³-hybridized carbons (Fsp3) is 0.125. The summed E-state index contributed by atoms with van der Waals surface area (Å²) in [5, 5.41) is 23.3. The molecule has 0 radical (unpaired) electrons. The van der Waals surface area contributed by atoms with Crippen LogP contribution < -0.4 is 4.90 Å². The summed E-state index contributed by atoms with van der Waals surface area (Å²) in [6.07, 6.45) is 0. The molecule has 1 atom stereocenters. The zero-order valence-electron chi connectivity index (χ0n) is 22.2.